The molecule has 1 saturated carbocycles. The number of carbonyl (C=O) groups is 2. The normalized spacial score (nSPS) is 16.7. The average molecular weight is 430 g/mol. The number of carbonyl (C=O) groups excluding carboxylic acids is 2. The molecule has 2 fully saturated rings. The van der Waals surface area contributed by atoms with Gasteiger partial charge in [-0.1, -0.05) is 24.3 Å². The van der Waals surface area contributed by atoms with Gasteiger partial charge in [0, 0.05) is 41.7 Å². The van der Waals surface area contributed by atoms with Gasteiger partial charge >= 0.3 is 0 Å². The Hall–Kier alpha value is -3.48. The van der Waals surface area contributed by atoms with E-state index in [1.165, 1.54) is 12.8 Å². The van der Waals surface area contributed by atoms with Crippen LogP contribution in [0.4, 0.5) is 5.69 Å². The number of hydrogen-bond donors (Lipinski definition) is 2. The van der Waals surface area contributed by atoms with Crippen molar-refractivity contribution < 1.29 is 9.59 Å². The van der Waals surface area contributed by atoms with E-state index in [4.69, 9.17) is 0 Å². The van der Waals surface area contributed by atoms with E-state index in [0.29, 0.717) is 41.7 Å². The summed E-state index contributed by atoms with van der Waals surface area (Å²) in [6.45, 7) is 3.29. The Morgan fingerprint density at radius 1 is 0.969 bits per heavy atom. The number of rotatable bonds is 5. The molecular weight excluding hydrogens is 402 g/mol. The molecule has 1 saturated heterocycles. The third kappa shape index (κ3) is 4.28. The molecule has 0 radical (unpaired) electrons. The van der Waals surface area contributed by atoms with Gasteiger partial charge in [0.05, 0.1) is 0 Å². The van der Waals surface area contributed by atoms with E-state index < -0.39 is 0 Å². The number of aromatic nitrogens is 3. The molecule has 3 aromatic rings. The predicted octanol–water partition coefficient (Wildman–Crippen LogP) is 4.26. The molecule has 5 rings (SSSR count). The van der Waals surface area contributed by atoms with Crippen molar-refractivity contribution in [1.82, 2.24) is 20.1 Å². The molecule has 7 heteroatoms. The summed E-state index contributed by atoms with van der Waals surface area (Å²) in [5, 5.41) is 10.4. The quantitative estimate of drug-likeness (QED) is 0.634. The van der Waals surface area contributed by atoms with Crippen LogP contribution in [0.2, 0.25) is 0 Å². The van der Waals surface area contributed by atoms with Crippen molar-refractivity contribution in [1.29, 1.82) is 0 Å². The van der Waals surface area contributed by atoms with Crippen molar-refractivity contribution in [3.8, 4) is 0 Å². The number of benzene rings is 2. The fourth-order valence-corrected chi connectivity index (χ4v) is 4.21. The Kier molecular flexibility index (Phi) is 5.47. The van der Waals surface area contributed by atoms with E-state index in [1.807, 2.05) is 42.2 Å². The van der Waals surface area contributed by atoms with Crippen molar-refractivity contribution in [3.63, 3.8) is 0 Å². The van der Waals surface area contributed by atoms with Gasteiger partial charge in [0.1, 0.15) is 5.82 Å². The molecule has 0 atom stereocenters. The van der Waals surface area contributed by atoms with Crippen LogP contribution in [-0.2, 0) is 0 Å². The maximum atomic E-state index is 13.1. The summed E-state index contributed by atoms with van der Waals surface area (Å²) in [4.78, 5) is 32.3. The maximum absolute atomic E-state index is 13.1. The highest BCUT2D eigenvalue weighted by molar-refractivity contribution is 6.05. The number of nitrogens with zero attached hydrogens (tertiary/aromatic N) is 3. The number of aromatic amines is 1. The zero-order valence-electron chi connectivity index (χ0n) is 18.2. The molecule has 1 aliphatic carbocycles. The zero-order chi connectivity index (χ0) is 22.1. The van der Waals surface area contributed by atoms with E-state index in [2.05, 4.69) is 20.5 Å². The van der Waals surface area contributed by atoms with E-state index in [1.54, 1.807) is 18.2 Å². The summed E-state index contributed by atoms with van der Waals surface area (Å²) in [6, 6.07) is 14.6. The lowest BCUT2D eigenvalue weighted by atomic mass is 9.95. The Morgan fingerprint density at radius 2 is 1.72 bits per heavy atom. The first-order valence-corrected chi connectivity index (χ1v) is 11.3. The second kappa shape index (κ2) is 8.57. The van der Waals surface area contributed by atoms with Crippen LogP contribution in [-0.4, -0.2) is 45.0 Å². The summed E-state index contributed by atoms with van der Waals surface area (Å²) in [7, 11) is 0. The van der Waals surface area contributed by atoms with Gasteiger partial charge in [0.15, 0.2) is 5.82 Å². The minimum atomic E-state index is -0.184. The number of piperidine rings is 1. The van der Waals surface area contributed by atoms with E-state index in [0.717, 1.165) is 30.1 Å². The zero-order valence-corrected chi connectivity index (χ0v) is 18.2. The van der Waals surface area contributed by atoms with Gasteiger partial charge in [-0.25, -0.2) is 4.98 Å². The molecule has 2 N–H and O–H groups in total. The van der Waals surface area contributed by atoms with Crippen LogP contribution in [0.25, 0.3) is 0 Å². The molecule has 0 bridgehead atoms. The highest BCUT2D eigenvalue weighted by atomic mass is 16.2. The van der Waals surface area contributed by atoms with Crippen molar-refractivity contribution in [2.24, 2.45) is 0 Å². The number of likely N-dealkylation sites (tertiary alicyclic amines) is 1. The van der Waals surface area contributed by atoms with Gasteiger partial charge in [0.2, 0.25) is 0 Å². The highest BCUT2D eigenvalue weighted by Crippen LogP contribution is 2.38. The highest BCUT2D eigenvalue weighted by Gasteiger charge is 2.31. The lowest BCUT2D eigenvalue weighted by Gasteiger charge is -2.31. The lowest BCUT2D eigenvalue weighted by molar-refractivity contribution is 0.0711. The first-order valence-electron chi connectivity index (χ1n) is 11.3. The Bertz CT molecular complexity index is 1130. The summed E-state index contributed by atoms with van der Waals surface area (Å²) in [5.41, 5.74) is 2.76. The van der Waals surface area contributed by atoms with Crippen LogP contribution < -0.4 is 5.32 Å². The van der Waals surface area contributed by atoms with E-state index >= 15 is 0 Å². The molecule has 0 unspecified atom stereocenters. The molecule has 2 aliphatic rings. The summed E-state index contributed by atoms with van der Waals surface area (Å²) < 4.78 is 0. The van der Waals surface area contributed by atoms with E-state index in [-0.39, 0.29) is 11.8 Å². The molecular formula is C25H27N5O2. The van der Waals surface area contributed by atoms with Crippen molar-refractivity contribution in [3.05, 3.63) is 76.9 Å². The molecule has 7 nitrogen and oxygen atoms in total. The fourth-order valence-electron chi connectivity index (χ4n) is 4.21. The molecule has 2 amide bonds. The predicted molar refractivity (Wildman–Crippen MR) is 122 cm³/mol. The third-order valence-corrected chi connectivity index (χ3v) is 6.40. The first-order chi connectivity index (χ1) is 15.6. The standard InChI is InChI=1S/C25H27N5O2/c1-16-7-8-20(15-21(16)26-24(31)19-5-3-2-4-6-19)25(32)30-13-11-18(12-14-30)23-27-22(28-29-23)17-9-10-17/h2-8,15,17-18H,9-14H2,1H3,(H,26,31)(H,27,28,29). The molecule has 32 heavy (non-hydrogen) atoms. The van der Waals surface area contributed by atoms with Crippen molar-refractivity contribution in [2.75, 3.05) is 18.4 Å². The van der Waals surface area contributed by atoms with Crippen LogP contribution in [0.3, 0.4) is 0 Å². The third-order valence-electron chi connectivity index (χ3n) is 6.40. The molecule has 1 aliphatic heterocycles. The van der Waals surface area contributed by atoms with Crippen LogP contribution in [0.1, 0.15) is 75.4 Å². The Labute approximate surface area is 187 Å². The van der Waals surface area contributed by atoms with Crippen LogP contribution in [0.15, 0.2) is 48.5 Å². The van der Waals surface area contributed by atoms with Crippen molar-refractivity contribution in [2.45, 2.75) is 44.4 Å². The monoisotopic (exact) mass is 429 g/mol. The second-order valence-electron chi connectivity index (χ2n) is 8.77. The SMILES string of the molecule is Cc1ccc(C(=O)N2CCC(c3nc(C4CC4)n[nH]3)CC2)cc1NC(=O)c1ccccc1. The number of hydrogen-bond acceptors (Lipinski definition) is 4. The van der Waals surface area contributed by atoms with Gasteiger partial charge in [-0.2, -0.15) is 5.10 Å². The van der Waals surface area contributed by atoms with E-state index in [9.17, 15) is 9.59 Å². The second-order valence-corrected chi connectivity index (χ2v) is 8.77. The number of nitrogens with one attached hydrogen (secondary N) is 2. The summed E-state index contributed by atoms with van der Waals surface area (Å²) >= 11 is 0. The fraction of sp³-hybridized carbons (Fsp3) is 0.360. The topological polar surface area (TPSA) is 91.0 Å². The lowest BCUT2D eigenvalue weighted by Crippen LogP contribution is -2.38. The first kappa shape index (κ1) is 20.4. The van der Waals surface area contributed by atoms with Crippen LogP contribution in [0.5, 0.6) is 0 Å². The molecule has 0 spiro atoms. The Balaban J connectivity index is 1.23. The largest absolute Gasteiger partial charge is 0.339 e. The minimum absolute atomic E-state index is 0.00472. The number of amides is 2. The minimum Gasteiger partial charge on any atom is -0.339 e. The van der Waals surface area contributed by atoms with Gasteiger partial charge in [-0.05, 0) is 62.4 Å². The Morgan fingerprint density at radius 3 is 2.44 bits per heavy atom. The maximum Gasteiger partial charge on any atom is 0.255 e. The summed E-state index contributed by atoms with van der Waals surface area (Å²) in [6.07, 6.45) is 4.12. The number of anilines is 1. The van der Waals surface area contributed by atoms with Gasteiger partial charge in [0.25, 0.3) is 11.8 Å². The van der Waals surface area contributed by atoms with Gasteiger partial charge in [-0.15, -0.1) is 0 Å². The van der Waals surface area contributed by atoms with Gasteiger partial charge < -0.3 is 10.2 Å². The summed E-state index contributed by atoms with van der Waals surface area (Å²) in [5.74, 6) is 2.58. The number of aryl methyl sites for hydroxylation is 1. The average Bonchev–Trinajstić information content (AvgIpc) is 3.57. The van der Waals surface area contributed by atoms with Gasteiger partial charge in [-0.3, -0.25) is 14.7 Å². The van der Waals surface area contributed by atoms with Crippen LogP contribution >= 0.6 is 0 Å². The molecule has 2 aromatic carbocycles. The van der Waals surface area contributed by atoms with Crippen LogP contribution in [0, 0.1) is 6.92 Å². The van der Waals surface area contributed by atoms with Crippen molar-refractivity contribution >= 4 is 17.5 Å². The smallest absolute Gasteiger partial charge is 0.255 e. The molecule has 1 aromatic heterocycles. The molecule has 2 heterocycles. The number of H-pyrrole nitrogens is 1. The molecule has 164 valence electrons.